The molecular weight excluding hydrogens is 214 g/mol. The van der Waals surface area contributed by atoms with Gasteiger partial charge in [-0.3, -0.25) is 0 Å². The maximum Gasteiger partial charge on any atom is 0.407 e. The van der Waals surface area contributed by atoms with E-state index in [4.69, 9.17) is 4.74 Å². The molecule has 0 radical (unpaired) electrons. The molecule has 0 aromatic heterocycles. The average molecular weight is 227 g/mol. The number of cyclic esters (lactones) is 1. The fourth-order valence-electron chi connectivity index (χ4n) is 2.31. The van der Waals surface area contributed by atoms with Crippen molar-refractivity contribution < 1.29 is 9.53 Å². The van der Waals surface area contributed by atoms with Crippen molar-refractivity contribution >= 4 is 16.9 Å². The molecule has 2 aromatic carbocycles. The van der Waals surface area contributed by atoms with E-state index in [9.17, 15) is 4.79 Å². The standard InChI is InChI=1S/C14H13NO2/c16-14-15-13(8-9-17-14)12-7-3-5-10-4-1-2-6-11(10)12/h1-7,13H,8-9H2,(H,15,16)/t13-/m1/s1. The van der Waals surface area contributed by atoms with E-state index in [1.54, 1.807) is 0 Å². The highest BCUT2D eigenvalue weighted by Gasteiger charge is 2.21. The minimum absolute atomic E-state index is 0.0577. The topological polar surface area (TPSA) is 38.3 Å². The lowest BCUT2D eigenvalue weighted by molar-refractivity contribution is 0.116. The predicted molar refractivity (Wildman–Crippen MR) is 65.8 cm³/mol. The summed E-state index contributed by atoms with van der Waals surface area (Å²) in [6.07, 6.45) is 0.494. The third-order valence-electron chi connectivity index (χ3n) is 3.13. The van der Waals surface area contributed by atoms with Crippen molar-refractivity contribution in [1.82, 2.24) is 5.32 Å². The van der Waals surface area contributed by atoms with Gasteiger partial charge in [-0.05, 0) is 16.3 Å². The molecule has 1 N–H and O–H groups in total. The zero-order valence-corrected chi connectivity index (χ0v) is 9.35. The van der Waals surface area contributed by atoms with Crippen LogP contribution in [0.3, 0.4) is 0 Å². The molecule has 0 saturated carbocycles. The third-order valence-corrected chi connectivity index (χ3v) is 3.13. The van der Waals surface area contributed by atoms with Crippen LogP contribution in [-0.2, 0) is 4.74 Å². The van der Waals surface area contributed by atoms with Crippen molar-refractivity contribution in [1.29, 1.82) is 0 Å². The summed E-state index contributed by atoms with van der Waals surface area (Å²) in [4.78, 5) is 11.2. The zero-order chi connectivity index (χ0) is 11.7. The van der Waals surface area contributed by atoms with Gasteiger partial charge in [0.2, 0.25) is 0 Å². The van der Waals surface area contributed by atoms with Gasteiger partial charge >= 0.3 is 6.09 Å². The smallest absolute Gasteiger partial charge is 0.407 e. The molecule has 3 nitrogen and oxygen atoms in total. The lowest BCUT2D eigenvalue weighted by atomic mass is 9.96. The number of carbonyl (C=O) groups is 1. The molecule has 1 atom stereocenters. The Morgan fingerprint density at radius 1 is 1.12 bits per heavy atom. The van der Waals surface area contributed by atoms with E-state index in [-0.39, 0.29) is 12.1 Å². The van der Waals surface area contributed by atoms with Crippen LogP contribution < -0.4 is 5.32 Å². The molecule has 0 unspecified atom stereocenters. The number of ether oxygens (including phenoxy) is 1. The van der Waals surface area contributed by atoms with Crippen LogP contribution in [0.25, 0.3) is 10.8 Å². The summed E-state index contributed by atoms with van der Waals surface area (Å²) >= 11 is 0. The Morgan fingerprint density at radius 3 is 2.82 bits per heavy atom. The van der Waals surface area contributed by atoms with Gasteiger partial charge in [-0.15, -0.1) is 0 Å². The monoisotopic (exact) mass is 227 g/mol. The van der Waals surface area contributed by atoms with Crippen LogP contribution in [0, 0.1) is 0 Å². The fraction of sp³-hybridized carbons (Fsp3) is 0.214. The van der Waals surface area contributed by atoms with E-state index in [0.29, 0.717) is 6.61 Å². The first-order valence-corrected chi connectivity index (χ1v) is 5.75. The second-order valence-corrected chi connectivity index (χ2v) is 4.19. The van der Waals surface area contributed by atoms with Crippen molar-refractivity contribution in [2.45, 2.75) is 12.5 Å². The molecular formula is C14H13NO2. The number of fused-ring (bicyclic) bond motifs is 1. The Morgan fingerprint density at radius 2 is 1.94 bits per heavy atom. The summed E-state index contributed by atoms with van der Waals surface area (Å²) in [5.41, 5.74) is 1.17. The number of rotatable bonds is 1. The zero-order valence-electron chi connectivity index (χ0n) is 9.35. The molecule has 17 heavy (non-hydrogen) atoms. The Labute approximate surface area is 99.4 Å². The Hall–Kier alpha value is -2.03. The van der Waals surface area contributed by atoms with Crippen molar-refractivity contribution in [3.05, 3.63) is 48.0 Å². The summed E-state index contributed by atoms with van der Waals surface area (Å²) < 4.78 is 4.89. The van der Waals surface area contributed by atoms with Gasteiger partial charge in [0.1, 0.15) is 0 Å². The van der Waals surface area contributed by atoms with E-state index < -0.39 is 0 Å². The molecule has 86 valence electrons. The van der Waals surface area contributed by atoms with Crippen molar-refractivity contribution in [2.75, 3.05) is 6.61 Å². The molecule has 1 amide bonds. The maximum absolute atomic E-state index is 11.2. The van der Waals surface area contributed by atoms with Crippen molar-refractivity contribution in [3.63, 3.8) is 0 Å². The summed E-state index contributed by atoms with van der Waals surface area (Å²) in [5, 5.41) is 5.26. The van der Waals surface area contributed by atoms with E-state index >= 15 is 0 Å². The van der Waals surface area contributed by atoms with Gasteiger partial charge in [-0.2, -0.15) is 0 Å². The Balaban J connectivity index is 2.07. The summed E-state index contributed by atoms with van der Waals surface area (Å²) in [7, 11) is 0. The SMILES string of the molecule is O=C1N[C@@H](c2cccc3ccccc23)CCO1. The highest BCUT2D eigenvalue weighted by Crippen LogP contribution is 2.27. The van der Waals surface area contributed by atoms with Gasteiger partial charge in [0.25, 0.3) is 0 Å². The predicted octanol–water partition coefficient (Wildman–Crippen LogP) is 3.01. The lowest BCUT2D eigenvalue weighted by Gasteiger charge is -2.24. The number of hydrogen-bond acceptors (Lipinski definition) is 2. The van der Waals surface area contributed by atoms with Crippen LogP contribution in [0.1, 0.15) is 18.0 Å². The van der Waals surface area contributed by atoms with Crippen LogP contribution in [0.4, 0.5) is 4.79 Å². The first-order valence-electron chi connectivity index (χ1n) is 5.75. The lowest BCUT2D eigenvalue weighted by Crippen LogP contribution is -2.35. The van der Waals surface area contributed by atoms with Crippen LogP contribution in [0.15, 0.2) is 42.5 Å². The maximum atomic E-state index is 11.2. The minimum Gasteiger partial charge on any atom is -0.449 e. The first kappa shape index (κ1) is 10.1. The number of benzene rings is 2. The number of nitrogens with one attached hydrogen (secondary N) is 1. The van der Waals surface area contributed by atoms with Gasteiger partial charge in [-0.1, -0.05) is 42.5 Å². The van der Waals surface area contributed by atoms with Crippen LogP contribution in [0.2, 0.25) is 0 Å². The number of hydrogen-bond donors (Lipinski definition) is 1. The number of amides is 1. The molecule has 1 fully saturated rings. The molecule has 0 aliphatic carbocycles. The summed E-state index contributed by atoms with van der Waals surface area (Å²) in [6, 6.07) is 14.5. The first-order chi connectivity index (χ1) is 8.34. The van der Waals surface area contributed by atoms with Crippen molar-refractivity contribution in [3.8, 4) is 0 Å². The van der Waals surface area contributed by atoms with Crippen molar-refractivity contribution in [2.24, 2.45) is 0 Å². The van der Waals surface area contributed by atoms with Gasteiger partial charge in [-0.25, -0.2) is 4.79 Å². The summed E-state index contributed by atoms with van der Waals surface area (Å²) in [5.74, 6) is 0. The van der Waals surface area contributed by atoms with Gasteiger partial charge < -0.3 is 10.1 Å². The average Bonchev–Trinajstić information content (AvgIpc) is 2.38. The molecule has 3 heteroatoms. The van der Waals surface area contributed by atoms with E-state index in [0.717, 1.165) is 6.42 Å². The number of carbonyl (C=O) groups excluding carboxylic acids is 1. The molecule has 3 rings (SSSR count). The van der Waals surface area contributed by atoms with E-state index in [1.807, 2.05) is 18.2 Å². The molecule has 1 aliphatic rings. The van der Waals surface area contributed by atoms with Crippen LogP contribution >= 0.6 is 0 Å². The molecule has 1 saturated heterocycles. The van der Waals surface area contributed by atoms with Crippen LogP contribution in [-0.4, -0.2) is 12.7 Å². The fourth-order valence-corrected chi connectivity index (χ4v) is 2.31. The molecule has 2 aromatic rings. The highest BCUT2D eigenvalue weighted by molar-refractivity contribution is 5.86. The number of alkyl carbamates (subject to hydrolysis) is 1. The third kappa shape index (κ3) is 1.84. The highest BCUT2D eigenvalue weighted by atomic mass is 16.5. The minimum atomic E-state index is -0.325. The normalized spacial score (nSPS) is 19.8. The second kappa shape index (κ2) is 4.09. The van der Waals surface area contributed by atoms with Gasteiger partial charge in [0, 0.05) is 6.42 Å². The summed E-state index contributed by atoms with van der Waals surface area (Å²) in [6.45, 7) is 0.486. The molecule has 0 bridgehead atoms. The largest absolute Gasteiger partial charge is 0.449 e. The van der Waals surface area contributed by atoms with E-state index in [2.05, 4.69) is 29.6 Å². The second-order valence-electron chi connectivity index (χ2n) is 4.19. The molecule has 1 heterocycles. The molecule has 1 aliphatic heterocycles. The Bertz CT molecular complexity index is 560. The Kier molecular flexibility index (Phi) is 2.44. The molecule has 0 spiro atoms. The van der Waals surface area contributed by atoms with Gasteiger partial charge in [0.15, 0.2) is 0 Å². The van der Waals surface area contributed by atoms with Crippen LogP contribution in [0.5, 0.6) is 0 Å². The van der Waals surface area contributed by atoms with Gasteiger partial charge in [0.05, 0.1) is 12.6 Å². The van der Waals surface area contributed by atoms with E-state index in [1.165, 1.54) is 16.3 Å². The quantitative estimate of drug-likeness (QED) is 0.813.